The van der Waals surface area contributed by atoms with Gasteiger partial charge in [-0.05, 0) is 13.3 Å². The topological polar surface area (TPSA) is 113 Å². The molecule has 1 heterocycles. The van der Waals surface area contributed by atoms with Gasteiger partial charge in [0.2, 0.25) is 5.91 Å². The van der Waals surface area contributed by atoms with Crippen LogP contribution in [0.5, 0.6) is 0 Å². The first kappa shape index (κ1) is 13.0. The van der Waals surface area contributed by atoms with Crippen LogP contribution in [0.1, 0.15) is 20.3 Å². The Hall–Kier alpha value is -2.05. The maximum Gasteiger partial charge on any atom is 0.276 e. The van der Waals surface area contributed by atoms with E-state index >= 15 is 0 Å². The van der Waals surface area contributed by atoms with Crippen LogP contribution in [0.4, 0.5) is 11.5 Å². The van der Waals surface area contributed by atoms with Crippen LogP contribution in [0, 0.1) is 0 Å². The minimum absolute atomic E-state index is 0.0253. The monoisotopic (exact) mass is 239 g/mol. The average Bonchev–Trinajstić information content (AvgIpc) is 2.31. The minimum atomic E-state index is -0.502. The number of aromatic nitrogens is 2. The maximum absolute atomic E-state index is 11.6. The minimum Gasteiger partial charge on any atom is -0.391 e. The number of aromatic amines is 1. The molecule has 0 saturated heterocycles. The number of nitrogens with zero attached hydrogens (tertiary/aromatic N) is 1. The van der Waals surface area contributed by atoms with E-state index in [4.69, 9.17) is 5.73 Å². The number of nitrogens with two attached hydrogens (primary N) is 1. The van der Waals surface area contributed by atoms with E-state index in [1.165, 1.54) is 6.33 Å². The highest BCUT2D eigenvalue weighted by molar-refractivity contribution is 5.84. The van der Waals surface area contributed by atoms with Crippen LogP contribution < -0.4 is 21.9 Å². The van der Waals surface area contributed by atoms with Gasteiger partial charge >= 0.3 is 0 Å². The molecular weight excluding hydrogens is 222 g/mol. The van der Waals surface area contributed by atoms with Crippen LogP contribution >= 0.6 is 0 Å². The molecule has 1 aromatic heterocycles. The highest BCUT2D eigenvalue weighted by Crippen LogP contribution is 2.08. The summed E-state index contributed by atoms with van der Waals surface area (Å²) in [6, 6.07) is -0.502. The van der Waals surface area contributed by atoms with E-state index in [1.807, 2.05) is 6.92 Å². The zero-order chi connectivity index (χ0) is 12.8. The predicted octanol–water partition coefficient (Wildman–Crippen LogP) is -0.321. The Labute approximate surface area is 98.8 Å². The fraction of sp³-hybridized carbons (Fsp3) is 0.500. The lowest BCUT2D eigenvalue weighted by atomic mass is 10.3. The molecule has 0 aromatic carbocycles. The second-order valence-corrected chi connectivity index (χ2v) is 3.65. The summed E-state index contributed by atoms with van der Waals surface area (Å²) in [5, 5.41) is 5.52. The first-order chi connectivity index (χ1) is 8.06. The molecule has 0 radical (unpaired) electrons. The van der Waals surface area contributed by atoms with Crippen molar-refractivity contribution in [3.8, 4) is 0 Å². The van der Waals surface area contributed by atoms with Crippen LogP contribution in [0.2, 0.25) is 0 Å². The van der Waals surface area contributed by atoms with E-state index in [9.17, 15) is 9.59 Å². The molecule has 17 heavy (non-hydrogen) atoms. The van der Waals surface area contributed by atoms with Gasteiger partial charge in [-0.25, -0.2) is 4.98 Å². The van der Waals surface area contributed by atoms with Crippen molar-refractivity contribution in [2.45, 2.75) is 26.3 Å². The third kappa shape index (κ3) is 3.47. The molecular formula is C10H17N5O2. The molecule has 94 valence electrons. The molecule has 0 aliphatic carbocycles. The summed E-state index contributed by atoms with van der Waals surface area (Å²) in [5.74, 6) is 0.0567. The summed E-state index contributed by atoms with van der Waals surface area (Å²) < 4.78 is 0. The number of hydrogen-bond acceptors (Lipinski definition) is 5. The molecule has 0 aliphatic rings. The Balaban J connectivity index is 2.68. The maximum atomic E-state index is 11.6. The Bertz CT molecular complexity index is 443. The molecule has 1 unspecified atom stereocenters. The summed E-state index contributed by atoms with van der Waals surface area (Å²) in [7, 11) is 0. The summed E-state index contributed by atoms with van der Waals surface area (Å²) in [5.41, 5.74) is 5.08. The fourth-order valence-electron chi connectivity index (χ4n) is 1.20. The van der Waals surface area contributed by atoms with Gasteiger partial charge in [0.05, 0.1) is 6.33 Å². The second kappa shape index (κ2) is 5.88. The number of nitrogens with one attached hydrogen (secondary N) is 3. The first-order valence-electron chi connectivity index (χ1n) is 5.43. The van der Waals surface area contributed by atoms with E-state index in [2.05, 4.69) is 20.6 Å². The lowest BCUT2D eigenvalue weighted by Crippen LogP contribution is -2.38. The Morgan fingerprint density at radius 2 is 2.35 bits per heavy atom. The number of carbonyl (C=O) groups excluding carboxylic acids is 1. The van der Waals surface area contributed by atoms with Crippen molar-refractivity contribution in [2.75, 3.05) is 17.6 Å². The largest absolute Gasteiger partial charge is 0.391 e. The molecule has 0 fully saturated rings. The van der Waals surface area contributed by atoms with Gasteiger partial charge in [-0.15, -0.1) is 0 Å². The molecule has 7 nitrogen and oxygen atoms in total. The van der Waals surface area contributed by atoms with Crippen molar-refractivity contribution in [3.63, 3.8) is 0 Å². The standard InChI is InChI=1S/C10H17N5O2/c1-3-4-12-9(16)6(2)15-8-7(11)10(17)14-5-13-8/h5-6H,3-4,11H2,1-2H3,(H,12,16)(H2,13,14,15,17). The highest BCUT2D eigenvalue weighted by atomic mass is 16.2. The van der Waals surface area contributed by atoms with Gasteiger partial charge in [0.15, 0.2) is 5.82 Å². The summed E-state index contributed by atoms with van der Waals surface area (Å²) in [4.78, 5) is 29.0. The van der Waals surface area contributed by atoms with Gasteiger partial charge in [0, 0.05) is 6.54 Å². The number of rotatable bonds is 5. The van der Waals surface area contributed by atoms with Gasteiger partial charge in [0.25, 0.3) is 5.56 Å². The van der Waals surface area contributed by atoms with Crippen molar-refractivity contribution in [3.05, 3.63) is 16.7 Å². The number of anilines is 2. The predicted molar refractivity (Wildman–Crippen MR) is 65.7 cm³/mol. The number of H-pyrrole nitrogens is 1. The van der Waals surface area contributed by atoms with E-state index in [1.54, 1.807) is 6.92 Å². The van der Waals surface area contributed by atoms with E-state index < -0.39 is 11.6 Å². The van der Waals surface area contributed by atoms with Gasteiger partial charge in [-0.2, -0.15) is 0 Å². The third-order valence-corrected chi connectivity index (χ3v) is 2.18. The molecule has 1 amide bonds. The zero-order valence-electron chi connectivity index (χ0n) is 9.91. The number of amides is 1. The normalized spacial score (nSPS) is 11.9. The van der Waals surface area contributed by atoms with Crippen LogP contribution in [-0.4, -0.2) is 28.5 Å². The van der Waals surface area contributed by atoms with Crippen molar-refractivity contribution in [2.24, 2.45) is 0 Å². The molecule has 1 rings (SSSR count). The number of hydrogen-bond donors (Lipinski definition) is 4. The third-order valence-electron chi connectivity index (χ3n) is 2.18. The van der Waals surface area contributed by atoms with Crippen molar-refractivity contribution >= 4 is 17.4 Å². The Morgan fingerprint density at radius 1 is 1.65 bits per heavy atom. The van der Waals surface area contributed by atoms with Gasteiger partial charge < -0.3 is 21.4 Å². The molecule has 0 aliphatic heterocycles. The molecule has 0 bridgehead atoms. The molecule has 0 saturated carbocycles. The van der Waals surface area contributed by atoms with Crippen molar-refractivity contribution in [1.82, 2.24) is 15.3 Å². The SMILES string of the molecule is CCCNC(=O)C(C)Nc1nc[nH]c(=O)c1N. The lowest BCUT2D eigenvalue weighted by molar-refractivity contribution is -0.121. The molecule has 1 atom stereocenters. The smallest absolute Gasteiger partial charge is 0.276 e. The van der Waals surface area contributed by atoms with Crippen LogP contribution in [-0.2, 0) is 4.79 Å². The highest BCUT2D eigenvalue weighted by Gasteiger charge is 2.14. The van der Waals surface area contributed by atoms with E-state index in [0.717, 1.165) is 6.42 Å². The van der Waals surface area contributed by atoms with Crippen LogP contribution in [0.25, 0.3) is 0 Å². The number of nitrogen functional groups attached to an aromatic ring is 1. The molecule has 5 N–H and O–H groups in total. The van der Waals surface area contributed by atoms with E-state index in [0.29, 0.717) is 6.54 Å². The molecule has 0 spiro atoms. The summed E-state index contributed by atoms with van der Waals surface area (Å²) >= 11 is 0. The van der Waals surface area contributed by atoms with Gasteiger partial charge in [-0.1, -0.05) is 6.92 Å². The van der Waals surface area contributed by atoms with Crippen molar-refractivity contribution < 1.29 is 4.79 Å². The molecule has 7 heteroatoms. The lowest BCUT2D eigenvalue weighted by Gasteiger charge is -2.14. The average molecular weight is 239 g/mol. The van der Waals surface area contributed by atoms with Crippen LogP contribution in [0.15, 0.2) is 11.1 Å². The first-order valence-corrected chi connectivity index (χ1v) is 5.43. The quantitative estimate of drug-likeness (QED) is 0.562. The fourth-order valence-corrected chi connectivity index (χ4v) is 1.20. The Kier molecular flexibility index (Phi) is 4.50. The Morgan fingerprint density at radius 3 is 3.00 bits per heavy atom. The second-order valence-electron chi connectivity index (χ2n) is 3.65. The van der Waals surface area contributed by atoms with Gasteiger partial charge in [-0.3, -0.25) is 9.59 Å². The number of carbonyl (C=O) groups is 1. The summed E-state index contributed by atoms with van der Waals surface area (Å²) in [6.45, 7) is 4.26. The zero-order valence-corrected chi connectivity index (χ0v) is 9.91. The van der Waals surface area contributed by atoms with Crippen molar-refractivity contribution in [1.29, 1.82) is 0 Å². The van der Waals surface area contributed by atoms with Gasteiger partial charge in [0.1, 0.15) is 11.7 Å². The van der Waals surface area contributed by atoms with Crippen LogP contribution in [0.3, 0.4) is 0 Å². The summed E-state index contributed by atoms with van der Waals surface area (Å²) in [6.07, 6.45) is 2.10. The molecule has 1 aromatic rings. The van der Waals surface area contributed by atoms with E-state index in [-0.39, 0.29) is 17.4 Å².